The number of hydrogen-bond acceptors (Lipinski definition) is 7. The summed E-state index contributed by atoms with van der Waals surface area (Å²) in [5, 5.41) is 17.8. The van der Waals surface area contributed by atoms with Crippen molar-refractivity contribution in [2.75, 3.05) is 11.9 Å². The lowest BCUT2D eigenvalue weighted by Crippen LogP contribution is -2.37. The van der Waals surface area contributed by atoms with Gasteiger partial charge in [0.25, 0.3) is 0 Å². The minimum absolute atomic E-state index is 0.0341. The van der Waals surface area contributed by atoms with E-state index in [-0.39, 0.29) is 18.0 Å². The first kappa shape index (κ1) is 20.9. The molecule has 2 aliphatic rings. The van der Waals surface area contributed by atoms with Gasteiger partial charge in [0, 0.05) is 11.4 Å². The third kappa shape index (κ3) is 4.52. The summed E-state index contributed by atoms with van der Waals surface area (Å²) in [7, 11) is 0. The highest BCUT2D eigenvalue weighted by molar-refractivity contribution is 6.33. The normalized spacial score (nSPS) is 28.5. The number of anilines is 1. The monoisotopic (exact) mass is 434 g/mol. The van der Waals surface area contributed by atoms with Crippen molar-refractivity contribution >= 4 is 34.3 Å². The van der Waals surface area contributed by atoms with Crippen LogP contribution in [0, 0.1) is 5.92 Å². The van der Waals surface area contributed by atoms with Crippen molar-refractivity contribution in [3.63, 3.8) is 0 Å². The molecule has 4 rings (SSSR count). The molecule has 9 nitrogen and oxygen atoms in total. The van der Waals surface area contributed by atoms with Crippen molar-refractivity contribution in [3.8, 4) is 0 Å². The van der Waals surface area contributed by atoms with Crippen LogP contribution in [0.4, 0.5) is 5.95 Å². The largest absolute Gasteiger partial charge is 0.478 e. The van der Waals surface area contributed by atoms with Crippen LogP contribution in [0.3, 0.4) is 0 Å². The number of nitrogens with two attached hydrogens (primary N) is 1. The number of fused-ring (bicyclic) bond motifs is 1. The van der Waals surface area contributed by atoms with E-state index >= 15 is 0 Å². The first-order valence-electron chi connectivity index (χ1n) is 10.5. The molecule has 1 aliphatic carbocycles. The summed E-state index contributed by atoms with van der Waals surface area (Å²) in [5.41, 5.74) is 8.25. The van der Waals surface area contributed by atoms with Gasteiger partial charge < -0.3 is 15.6 Å². The van der Waals surface area contributed by atoms with Gasteiger partial charge in [0.2, 0.25) is 5.88 Å². The highest BCUT2D eigenvalue weighted by Crippen LogP contribution is 2.26. The standard InChI is InChI=1S/C20H28ClN7O2/c1-11-4-5-14(29)9-13(8-11)24-12(2)16-18(22)30-7-3-6-28-19-15(17(21)27-28)10-23-20(25-16)26-19/h10-11,13-14,29H,3-9H2,1-2H3,(H3,22,23,24,25,26,27)/p+1/t11-,13-,14+/m0/s1. The maximum absolute atomic E-state index is 10.2. The van der Waals surface area contributed by atoms with Gasteiger partial charge in [-0.2, -0.15) is 9.67 Å². The molecular formula is C20H29ClN7O2+. The average Bonchev–Trinajstić information content (AvgIpc) is 2.91. The second-order valence-electron chi connectivity index (χ2n) is 8.25. The van der Waals surface area contributed by atoms with E-state index in [0.717, 1.165) is 31.1 Å². The van der Waals surface area contributed by atoms with E-state index < -0.39 is 0 Å². The Kier molecular flexibility index (Phi) is 6.10. The first-order chi connectivity index (χ1) is 14.4. The lowest BCUT2D eigenvalue weighted by atomic mass is 10.0. The smallest absolute Gasteiger partial charge is 0.358 e. The molecule has 0 amide bonds. The number of rotatable bonds is 2. The Morgan fingerprint density at radius 3 is 3.07 bits per heavy atom. The van der Waals surface area contributed by atoms with E-state index in [0.29, 0.717) is 53.6 Å². The number of halogens is 1. The van der Waals surface area contributed by atoms with E-state index in [1.165, 1.54) is 0 Å². The molecule has 30 heavy (non-hydrogen) atoms. The second kappa shape index (κ2) is 8.77. The SMILES string of the molecule is CC(=N[C@H]1C[C@@H](C)CC[C@@H](O)C1)/C1=C(\N)OCCC[n+]2[nH]c(Cl)c3cnc(nc32)N1. The van der Waals surface area contributed by atoms with Crippen molar-refractivity contribution in [1.82, 2.24) is 15.1 Å². The summed E-state index contributed by atoms with van der Waals surface area (Å²) in [4.78, 5) is 13.9. The predicted molar refractivity (Wildman–Crippen MR) is 115 cm³/mol. The molecule has 3 heterocycles. The van der Waals surface area contributed by atoms with Crippen molar-refractivity contribution in [3.05, 3.63) is 22.9 Å². The van der Waals surface area contributed by atoms with Gasteiger partial charge in [-0.3, -0.25) is 10.3 Å². The number of ether oxygens (including phenoxy) is 1. The number of allylic oxidation sites excluding steroid dienone is 1. The minimum atomic E-state index is -0.320. The highest BCUT2D eigenvalue weighted by atomic mass is 35.5. The molecule has 0 unspecified atom stereocenters. The summed E-state index contributed by atoms with van der Waals surface area (Å²) in [5.74, 6) is 1.17. The lowest BCUT2D eigenvalue weighted by Gasteiger charge is -2.17. The van der Waals surface area contributed by atoms with Crippen molar-refractivity contribution < 1.29 is 14.5 Å². The molecule has 10 heteroatoms. The molecule has 2 bridgehead atoms. The molecule has 1 saturated carbocycles. The van der Waals surface area contributed by atoms with Crippen LogP contribution >= 0.6 is 11.6 Å². The topological polar surface area (TPSA) is 125 Å². The quantitative estimate of drug-likeness (QED) is 0.326. The first-order valence-corrected chi connectivity index (χ1v) is 10.8. The minimum Gasteiger partial charge on any atom is -0.478 e. The molecule has 0 spiro atoms. The summed E-state index contributed by atoms with van der Waals surface area (Å²) < 4.78 is 7.67. The van der Waals surface area contributed by atoms with Gasteiger partial charge in [0.1, 0.15) is 17.6 Å². The van der Waals surface area contributed by atoms with Crippen LogP contribution < -0.4 is 15.7 Å². The molecule has 162 valence electrons. The summed E-state index contributed by atoms with van der Waals surface area (Å²) in [6, 6.07) is 0.0341. The summed E-state index contributed by atoms with van der Waals surface area (Å²) >= 11 is 6.27. The molecular weight excluding hydrogens is 406 g/mol. The Morgan fingerprint density at radius 1 is 1.40 bits per heavy atom. The van der Waals surface area contributed by atoms with Gasteiger partial charge in [-0.05, 0) is 38.5 Å². The van der Waals surface area contributed by atoms with Crippen LogP contribution in [0.2, 0.25) is 5.15 Å². The maximum Gasteiger partial charge on any atom is 0.358 e. The van der Waals surface area contributed by atoms with E-state index in [4.69, 9.17) is 27.1 Å². The fourth-order valence-corrected chi connectivity index (χ4v) is 4.37. The Balaban J connectivity index is 1.67. The van der Waals surface area contributed by atoms with Crippen molar-refractivity contribution in [1.29, 1.82) is 0 Å². The molecule has 0 radical (unpaired) electrons. The number of aromatic amines is 1. The van der Waals surface area contributed by atoms with Gasteiger partial charge in [0.05, 0.1) is 30.7 Å². The second-order valence-corrected chi connectivity index (χ2v) is 8.63. The number of aliphatic hydroxyl groups is 1. The zero-order valence-electron chi connectivity index (χ0n) is 17.4. The number of aliphatic hydroxyl groups excluding tert-OH is 1. The average molecular weight is 435 g/mol. The van der Waals surface area contributed by atoms with Crippen molar-refractivity contribution in [2.45, 2.75) is 64.6 Å². The van der Waals surface area contributed by atoms with Crippen LogP contribution in [0.1, 0.15) is 46.0 Å². The van der Waals surface area contributed by atoms with Crippen LogP contribution in [-0.4, -0.2) is 44.6 Å². The number of H-pyrrole nitrogens is 1. The fraction of sp³-hybridized carbons (Fsp3) is 0.600. The predicted octanol–water partition coefficient (Wildman–Crippen LogP) is 2.26. The number of aromatic nitrogens is 4. The van der Waals surface area contributed by atoms with E-state index in [1.54, 1.807) is 6.20 Å². The number of hydrogen-bond donors (Lipinski definition) is 4. The molecule has 0 saturated heterocycles. The van der Waals surface area contributed by atoms with Gasteiger partial charge in [0.15, 0.2) is 5.15 Å². The molecule has 0 aromatic carbocycles. The Bertz CT molecular complexity index is 975. The Hall–Kier alpha value is -2.39. The van der Waals surface area contributed by atoms with Crippen LogP contribution in [0.15, 0.2) is 22.8 Å². The number of aliphatic imine (C=N–C) groups is 1. The molecule has 2 aromatic heterocycles. The van der Waals surface area contributed by atoms with Crippen LogP contribution in [-0.2, 0) is 11.3 Å². The van der Waals surface area contributed by atoms with E-state index in [2.05, 4.69) is 27.3 Å². The van der Waals surface area contributed by atoms with Crippen molar-refractivity contribution in [2.24, 2.45) is 16.6 Å². The third-order valence-electron chi connectivity index (χ3n) is 5.71. The van der Waals surface area contributed by atoms with Gasteiger partial charge in [-0.25, -0.2) is 5.10 Å². The van der Waals surface area contributed by atoms with Crippen LogP contribution in [0.5, 0.6) is 0 Å². The molecule has 3 atom stereocenters. The molecule has 1 aliphatic heterocycles. The number of nitrogens with zero attached hydrogens (tertiary/aromatic N) is 4. The summed E-state index contributed by atoms with van der Waals surface area (Å²) in [6.45, 7) is 5.20. The molecule has 2 aromatic rings. The Labute approximate surface area is 180 Å². The maximum atomic E-state index is 10.2. The zero-order chi connectivity index (χ0) is 21.3. The fourth-order valence-electron chi connectivity index (χ4n) is 4.14. The summed E-state index contributed by atoms with van der Waals surface area (Å²) in [6.07, 6.45) is 5.53. The molecule has 1 fully saturated rings. The third-order valence-corrected chi connectivity index (χ3v) is 6.00. The van der Waals surface area contributed by atoms with Gasteiger partial charge in [-0.1, -0.05) is 18.5 Å². The van der Waals surface area contributed by atoms with E-state index in [1.807, 2.05) is 11.6 Å². The zero-order valence-corrected chi connectivity index (χ0v) is 18.1. The van der Waals surface area contributed by atoms with Crippen LogP contribution in [0.25, 0.3) is 11.0 Å². The Morgan fingerprint density at radius 2 is 2.23 bits per heavy atom. The van der Waals surface area contributed by atoms with Gasteiger partial charge in [-0.15, -0.1) is 0 Å². The van der Waals surface area contributed by atoms with Gasteiger partial charge >= 0.3 is 11.6 Å². The molecule has 5 N–H and O–H groups in total. The highest BCUT2D eigenvalue weighted by Gasteiger charge is 2.25. The lowest BCUT2D eigenvalue weighted by molar-refractivity contribution is -0.728. The number of aryl methyl sites for hydroxylation is 1. The number of nitrogens with one attached hydrogen (secondary N) is 2. The van der Waals surface area contributed by atoms with E-state index in [9.17, 15) is 5.11 Å².